The molecule has 0 bridgehead atoms. The van der Waals surface area contributed by atoms with Crippen molar-refractivity contribution in [3.63, 3.8) is 0 Å². The van der Waals surface area contributed by atoms with Crippen LogP contribution in [0.25, 0.3) is 0 Å². The summed E-state index contributed by atoms with van der Waals surface area (Å²) in [6.07, 6.45) is 0.906. The van der Waals surface area contributed by atoms with E-state index in [1.165, 1.54) is 25.3 Å². The second kappa shape index (κ2) is 9.21. The molecule has 2 rings (SSSR count). The predicted octanol–water partition coefficient (Wildman–Crippen LogP) is 4.11. The zero-order chi connectivity index (χ0) is 20.7. The number of Topliss-reactive ketones (excluding diaryl/α,β-unsaturated/α-hetero) is 1. The Kier molecular flexibility index (Phi) is 6.98. The van der Waals surface area contributed by atoms with Crippen LogP contribution < -0.4 is 5.01 Å². The summed E-state index contributed by atoms with van der Waals surface area (Å²) in [4.78, 5) is 22.8. The summed E-state index contributed by atoms with van der Waals surface area (Å²) in [5, 5.41) is 5.87. The summed E-state index contributed by atoms with van der Waals surface area (Å²) >= 11 is 0. The number of ketones is 1. The maximum absolute atomic E-state index is 13.9. The third-order valence-corrected chi connectivity index (χ3v) is 3.85. The van der Waals surface area contributed by atoms with E-state index in [-0.39, 0.29) is 24.4 Å². The third-order valence-electron chi connectivity index (χ3n) is 3.85. The van der Waals surface area contributed by atoms with Crippen LogP contribution in [0.5, 0.6) is 0 Å². The Balaban J connectivity index is 2.29. The quantitative estimate of drug-likeness (QED) is 0.296. The van der Waals surface area contributed by atoms with Gasteiger partial charge in [-0.15, -0.1) is 0 Å². The van der Waals surface area contributed by atoms with Gasteiger partial charge in [0.1, 0.15) is 18.8 Å². The summed E-state index contributed by atoms with van der Waals surface area (Å²) in [5.41, 5.74) is -0.165. The van der Waals surface area contributed by atoms with Crippen LogP contribution in [-0.2, 0) is 14.3 Å². The SMILES string of the molecule is CC(=O)CC(=O)OCC(C)(C)N(N=Cc1cccc(F)c1F)c1ccccc1. The van der Waals surface area contributed by atoms with Gasteiger partial charge in [-0.3, -0.25) is 14.6 Å². The van der Waals surface area contributed by atoms with Gasteiger partial charge < -0.3 is 4.74 Å². The van der Waals surface area contributed by atoms with Crippen LogP contribution in [0.2, 0.25) is 0 Å². The van der Waals surface area contributed by atoms with Gasteiger partial charge in [-0.1, -0.05) is 30.3 Å². The summed E-state index contributed by atoms with van der Waals surface area (Å²) in [6, 6.07) is 12.8. The molecule has 2 aromatic carbocycles. The molecule has 148 valence electrons. The van der Waals surface area contributed by atoms with Crippen LogP contribution in [0.1, 0.15) is 32.8 Å². The lowest BCUT2D eigenvalue weighted by Crippen LogP contribution is -2.45. The molecule has 0 saturated heterocycles. The molecular formula is C21H22F2N2O3. The van der Waals surface area contributed by atoms with Crippen molar-refractivity contribution in [2.24, 2.45) is 5.10 Å². The fraction of sp³-hybridized carbons (Fsp3) is 0.286. The zero-order valence-corrected chi connectivity index (χ0v) is 16.0. The molecule has 0 atom stereocenters. The number of benzene rings is 2. The van der Waals surface area contributed by atoms with Crippen molar-refractivity contribution < 1.29 is 23.1 Å². The van der Waals surface area contributed by atoms with Gasteiger partial charge in [0.05, 0.1) is 17.4 Å². The first-order valence-corrected chi connectivity index (χ1v) is 8.69. The number of carbonyl (C=O) groups is 2. The summed E-state index contributed by atoms with van der Waals surface area (Å²) in [5.74, 6) is -2.88. The molecule has 0 fully saturated rings. The minimum Gasteiger partial charge on any atom is -0.463 e. The second-order valence-electron chi connectivity index (χ2n) is 6.89. The first-order valence-electron chi connectivity index (χ1n) is 8.69. The molecule has 0 aliphatic carbocycles. The van der Waals surface area contributed by atoms with Crippen LogP contribution in [-0.4, -0.2) is 30.1 Å². The lowest BCUT2D eigenvalue weighted by Gasteiger charge is -2.35. The van der Waals surface area contributed by atoms with E-state index in [0.717, 1.165) is 6.07 Å². The van der Waals surface area contributed by atoms with E-state index in [1.807, 2.05) is 6.07 Å². The van der Waals surface area contributed by atoms with Gasteiger partial charge in [0.25, 0.3) is 0 Å². The van der Waals surface area contributed by atoms with Gasteiger partial charge in [-0.2, -0.15) is 5.10 Å². The average molecular weight is 388 g/mol. The van der Waals surface area contributed by atoms with Crippen molar-refractivity contribution in [2.75, 3.05) is 11.6 Å². The van der Waals surface area contributed by atoms with Gasteiger partial charge in [0, 0.05) is 5.56 Å². The van der Waals surface area contributed by atoms with E-state index < -0.39 is 23.1 Å². The molecule has 0 heterocycles. The normalized spacial score (nSPS) is 11.5. The van der Waals surface area contributed by atoms with Crippen molar-refractivity contribution >= 4 is 23.7 Å². The van der Waals surface area contributed by atoms with Gasteiger partial charge >= 0.3 is 5.97 Å². The Morgan fingerprint density at radius 3 is 2.43 bits per heavy atom. The van der Waals surface area contributed by atoms with Gasteiger partial charge in [0.15, 0.2) is 11.6 Å². The first-order chi connectivity index (χ1) is 13.2. The minimum atomic E-state index is -0.995. The van der Waals surface area contributed by atoms with E-state index >= 15 is 0 Å². The monoisotopic (exact) mass is 388 g/mol. The average Bonchev–Trinajstić information content (AvgIpc) is 2.64. The maximum Gasteiger partial charge on any atom is 0.313 e. The van der Waals surface area contributed by atoms with E-state index in [0.29, 0.717) is 5.69 Å². The largest absolute Gasteiger partial charge is 0.463 e. The molecule has 0 radical (unpaired) electrons. The number of ether oxygens (including phenoxy) is 1. The van der Waals surface area contributed by atoms with E-state index in [4.69, 9.17) is 4.74 Å². The summed E-state index contributed by atoms with van der Waals surface area (Å²) in [7, 11) is 0. The summed E-state index contributed by atoms with van der Waals surface area (Å²) < 4.78 is 32.6. The van der Waals surface area contributed by atoms with E-state index in [9.17, 15) is 18.4 Å². The third kappa shape index (κ3) is 5.70. The molecule has 0 amide bonds. The minimum absolute atomic E-state index is 0.00898. The topological polar surface area (TPSA) is 59.0 Å². The van der Waals surface area contributed by atoms with Gasteiger partial charge in [-0.25, -0.2) is 8.78 Å². The number of hydrazone groups is 1. The number of nitrogens with zero attached hydrogens (tertiary/aromatic N) is 2. The van der Waals surface area contributed by atoms with Crippen LogP contribution >= 0.6 is 0 Å². The number of halogens is 2. The Morgan fingerprint density at radius 2 is 1.79 bits per heavy atom. The number of esters is 1. The van der Waals surface area contributed by atoms with Crippen molar-refractivity contribution in [3.05, 3.63) is 65.7 Å². The Morgan fingerprint density at radius 1 is 1.11 bits per heavy atom. The van der Waals surface area contributed by atoms with Crippen LogP contribution in [0.4, 0.5) is 14.5 Å². The van der Waals surface area contributed by atoms with Crippen molar-refractivity contribution in [1.29, 1.82) is 0 Å². The molecule has 5 nitrogen and oxygen atoms in total. The zero-order valence-electron chi connectivity index (χ0n) is 16.0. The van der Waals surface area contributed by atoms with Crippen molar-refractivity contribution in [2.45, 2.75) is 32.7 Å². The molecule has 28 heavy (non-hydrogen) atoms. The van der Waals surface area contributed by atoms with E-state index in [1.54, 1.807) is 43.1 Å². The van der Waals surface area contributed by atoms with Crippen LogP contribution in [0.15, 0.2) is 53.6 Å². The Hall–Kier alpha value is -3.09. The smallest absolute Gasteiger partial charge is 0.313 e. The molecule has 7 heteroatoms. The summed E-state index contributed by atoms with van der Waals surface area (Å²) in [6.45, 7) is 4.80. The Bertz CT molecular complexity index is 867. The molecule has 0 unspecified atom stereocenters. The molecule has 0 spiro atoms. The number of anilines is 1. The molecular weight excluding hydrogens is 366 g/mol. The molecule has 2 aromatic rings. The number of hydrogen-bond acceptors (Lipinski definition) is 5. The van der Waals surface area contributed by atoms with E-state index in [2.05, 4.69) is 5.10 Å². The number of rotatable bonds is 8. The number of para-hydroxylation sites is 1. The second-order valence-corrected chi connectivity index (χ2v) is 6.89. The van der Waals surface area contributed by atoms with Gasteiger partial charge in [-0.05, 0) is 39.0 Å². The lowest BCUT2D eigenvalue weighted by molar-refractivity contribution is -0.147. The number of hydrogen-bond donors (Lipinski definition) is 0. The standard InChI is InChI=1S/C21H22F2N2O3/c1-15(26)12-19(27)28-14-21(2,3)25(17-9-5-4-6-10-17)24-13-16-8-7-11-18(22)20(16)23/h4-11,13H,12,14H2,1-3H3. The maximum atomic E-state index is 13.9. The van der Waals surface area contributed by atoms with Crippen LogP contribution in [0.3, 0.4) is 0 Å². The van der Waals surface area contributed by atoms with Crippen molar-refractivity contribution in [1.82, 2.24) is 0 Å². The predicted molar refractivity (Wildman–Crippen MR) is 103 cm³/mol. The highest BCUT2D eigenvalue weighted by Crippen LogP contribution is 2.25. The molecule has 0 N–H and O–H groups in total. The highest BCUT2D eigenvalue weighted by Gasteiger charge is 2.29. The molecule has 0 aromatic heterocycles. The first kappa shape index (κ1) is 21.2. The molecule has 0 aliphatic rings. The molecule has 0 aliphatic heterocycles. The fourth-order valence-electron chi connectivity index (χ4n) is 2.45. The van der Waals surface area contributed by atoms with Crippen LogP contribution in [0, 0.1) is 11.6 Å². The van der Waals surface area contributed by atoms with Crippen molar-refractivity contribution in [3.8, 4) is 0 Å². The highest BCUT2D eigenvalue weighted by atomic mass is 19.2. The van der Waals surface area contributed by atoms with Gasteiger partial charge in [0.2, 0.25) is 0 Å². The Labute approximate surface area is 162 Å². The lowest BCUT2D eigenvalue weighted by atomic mass is 10.1. The molecule has 0 saturated carbocycles. The fourth-order valence-corrected chi connectivity index (χ4v) is 2.45. The highest BCUT2D eigenvalue weighted by molar-refractivity contribution is 5.94. The number of carbonyl (C=O) groups excluding carboxylic acids is 2.